The largest absolute Gasteiger partial charge is 0.461 e. The number of hydrogen-bond donors (Lipinski definition) is 0. The van der Waals surface area contributed by atoms with E-state index >= 15 is 0 Å². The Morgan fingerprint density at radius 3 is 2.58 bits per heavy atom. The summed E-state index contributed by atoms with van der Waals surface area (Å²) in [5, 5.41) is 0. The molecule has 0 atom stereocenters. The Balaban J connectivity index is 4.30. The Morgan fingerprint density at radius 2 is 2.17 bits per heavy atom. The highest BCUT2D eigenvalue weighted by atomic mass is 16.5. The van der Waals surface area contributed by atoms with Crippen LogP contribution in [0.4, 0.5) is 0 Å². The van der Waals surface area contributed by atoms with E-state index in [2.05, 4.69) is 4.99 Å². The van der Waals surface area contributed by atoms with Gasteiger partial charge in [-0.05, 0) is 20.3 Å². The topological polar surface area (TPSA) is 38.7 Å². The van der Waals surface area contributed by atoms with Gasteiger partial charge in [0.25, 0.3) is 0 Å². The fourth-order valence-corrected chi connectivity index (χ4v) is 0.726. The third-order valence-electron chi connectivity index (χ3n) is 1.15. The number of aliphatic imine (C=N–C) groups is 1. The zero-order valence-corrected chi connectivity index (χ0v) is 7.83. The van der Waals surface area contributed by atoms with Crippen LogP contribution < -0.4 is 0 Å². The van der Waals surface area contributed by atoms with E-state index in [0.29, 0.717) is 12.3 Å². The average Bonchev–Trinajstić information content (AvgIpc) is 2.04. The van der Waals surface area contributed by atoms with E-state index in [1.807, 2.05) is 6.92 Å². The molecule has 0 saturated heterocycles. The van der Waals surface area contributed by atoms with Gasteiger partial charge in [0.15, 0.2) is 0 Å². The molecule has 0 fully saturated rings. The smallest absolute Gasteiger partial charge is 0.356 e. The molecule has 3 nitrogen and oxygen atoms in total. The van der Waals surface area contributed by atoms with Crippen molar-refractivity contribution in [2.45, 2.75) is 27.2 Å². The quantitative estimate of drug-likeness (QED) is 0.366. The van der Waals surface area contributed by atoms with Crippen molar-refractivity contribution in [3.05, 3.63) is 11.8 Å². The van der Waals surface area contributed by atoms with Crippen LogP contribution in [0.3, 0.4) is 0 Å². The van der Waals surface area contributed by atoms with E-state index in [1.54, 1.807) is 26.1 Å². The lowest BCUT2D eigenvalue weighted by atomic mass is 10.3. The molecule has 0 aromatic carbocycles. The van der Waals surface area contributed by atoms with Crippen LogP contribution in [-0.2, 0) is 9.53 Å². The van der Waals surface area contributed by atoms with Gasteiger partial charge >= 0.3 is 5.97 Å². The molecule has 0 spiro atoms. The van der Waals surface area contributed by atoms with Gasteiger partial charge in [-0.25, -0.2) is 4.79 Å². The number of ether oxygens (including phenoxy) is 1. The number of esters is 1. The summed E-state index contributed by atoms with van der Waals surface area (Å²) in [6, 6.07) is 0. The van der Waals surface area contributed by atoms with Crippen LogP contribution in [0.5, 0.6) is 0 Å². The second-order valence-electron chi connectivity index (χ2n) is 2.11. The van der Waals surface area contributed by atoms with Crippen molar-refractivity contribution in [3.63, 3.8) is 0 Å². The lowest BCUT2D eigenvalue weighted by Crippen LogP contribution is -2.06. The zero-order chi connectivity index (χ0) is 9.40. The number of nitrogens with zero attached hydrogens (tertiary/aromatic N) is 1. The minimum Gasteiger partial charge on any atom is -0.461 e. The molecule has 0 bridgehead atoms. The molecule has 12 heavy (non-hydrogen) atoms. The van der Waals surface area contributed by atoms with Crippen molar-refractivity contribution in [2.75, 3.05) is 6.61 Å². The van der Waals surface area contributed by atoms with Gasteiger partial charge in [0.05, 0.1) is 6.61 Å². The summed E-state index contributed by atoms with van der Waals surface area (Å²) in [6.07, 6.45) is 4.11. The second kappa shape index (κ2) is 6.58. The van der Waals surface area contributed by atoms with Crippen molar-refractivity contribution >= 4 is 12.2 Å². The van der Waals surface area contributed by atoms with Crippen molar-refractivity contribution in [1.82, 2.24) is 0 Å². The fraction of sp³-hybridized carbons (Fsp3) is 0.556. The van der Waals surface area contributed by atoms with Crippen LogP contribution >= 0.6 is 0 Å². The molecule has 0 aliphatic rings. The van der Waals surface area contributed by atoms with Crippen molar-refractivity contribution in [3.8, 4) is 0 Å². The predicted octanol–water partition coefficient (Wildman–Crippen LogP) is 1.93. The summed E-state index contributed by atoms with van der Waals surface area (Å²) in [5.41, 5.74) is 0.391. The molecular formula is C9H15NO2. The van der Waals surface area contributed by atoms with Gasteiger partial charge in [0.1, 0.15) is 5.70 Å². The first-order valence-electron chi connectivity index (χ1n) is 4.12. The molecule has 0 aromatic rings. The Hall–Kier alpha value is -1.12. The molecule has 0 unspecified atom stereocenters. The molecule has 0 radical (unpaired) electrons. The molecule has 0 rings (SSSR count). The Morgan fingerprint density at radius 1 is 1.50 bits per heavy atom. The molecule has 0 N–H and O–H groups in total. The van der Waals surface area contributed by atoms with Gasteiger partial charge in [-0.15, -0.1) is 0 Å². The number of carbonyl (C=O) groups is 1. The molecule has 0 aromatic heterocycles. The van der Waals surface area contributed by atoms with Gasteiger partial charge < -0.3 is 4.74 Å². The van der Waals surface area contributed by atoms with Crippen LogP contribution in [-0.4, -0.2) is 18.8 Å². The van der Waals surface area contributed by atoms with Crippen molar-refractivity contribution in [1.29, 1.82) is 0 Å². The van der Waals surface area contributed by atoms with Gasteiger partial charge in [-0.2, -0.15) is 0 Å². The molecule has 0 aliphatic carbocycles. The lowest BCUT2D eigenvalue weighted by molar-refractivity contribution is -0.138. The Bertz CT molecular complexity index is 195. The van der Waals surface area contributed by atoms with E-state index < -0.39 is 0 Å². The SMILES string of the molecule is CC=N/C(=C\CC)C(=O)OCC. The van der Waals surface area contributed by atoms with Gasteiger partial charge in [-0.3, -0.25) is 4.99 Å². The van der Waals surface area contributed by atoms with Crippen LogP contribution in [0.15, 0.2) is 16.8 Å². The summed E-state index contributed by atoms with van der Waals surface area (Å²) in [6.45, 7) is 5.88. The lowest BCUT2D eigenvalue weighted by Gasteiger charge is -2.00. The van der Waals surface area contributed by atoms with Crippen molar-refractivity contribution in [2.24, 2.45) is 4.99 Å². The van der Waals surface area contributed by atoms with E-state index in [0.717, 1.165) is 6.42 Å². The minimum atomic E-state index is -0.350. The maximum atomic E-state index is 11.1. The maximum absolute atomic E-state index is 11.1. The highest BCUT2D eigenvalue weighted by Crippen LogP contribution is 2.01. The maximum Gasteiger partial charge on any atom is 0.356 e. The van der Waals surface area contributed by atoms with E-state index in [1.165, 1.54) is 0 Å². The number of hydrogen-bond acceptors (Lipinski definition) is 3. The molecule has 0 heterocycles. The first-order valence-corrected chi connectivity index (χ1v) is 4.12. The summed E-state index contributed by atoms with van der Waals surface area (Å²) in [4.78, 5) is 15.0. The monoisotopic (exact) mass is 169 g/mol. The minimum absolute atomic E-state index is 0.350. The third-order valence-corrected chi connectivity index (χ3v) is 1.15. The van der Waals surface area contributed by atoms with Crippen molar-refractivity contribution < 1.29 is 9.53 Å². The molecule has 0 amide bonds. The third kappa shape index (κ3) is 3.91. The molecule has 0 aliphatic heterocycles. The molecular weight excluding hydrogens is 154 g/mol. The highest BCUT2D eigenvalue weighted by Gasteiger charge is 2.06. The van der Waals surface area contributed by atoms with Gasteiger partial charge in [-0.1, -0.05) is 13.0 Å². The predicted molar refractivity (Wildman–Crippen MR) is 49.2 cm³/mol. The normalized spacial score (nSPS) is 12.1. The second-order valence-corrected chi connectivity index (χ2v) is 2.11. The zero-order valence-electron chi connectivity index (χ0n) is 7.83. The van der Waals surface area contributed by atoms with Crippen LogP contribution in [0.25, 0.3) is 0 Å². The standard InChI is InChI=1S/C9H15NO2/c1-4-7-8(10-5-2)9(11)12-6-3/h5,7H,4,6H2,1-3H3/b8-7-,10-5?. The molecule has 68 valence electrons. The summed E-state index contributed by atoms with van der Waals surface area (Å²) >= 11 is 0. The van der Waals surface area contributed by atoms with Crippen LogP contribution in [0.2, 0.25) is 0 Å². The summed E-state index contributed by atoms with van der Waals surface area (Å²) < 4.78 is 4.79. The summed E-state index contributed by atoms with van der Waals surface area (Å²) in [5.74, 6) is -0.350. The van der Waals surface area contributed by atoms with Gasteiger partial charge in [0, 0.05) is 6.21 Å². The number of rotatable bonds is 4. The highest BCUT2D eigenvalue weighted by molar-refractivity contribution is 5.89. The number of allylic oxidation sites excluding steroid dienone is 1. The summed E-state index contributed by atoms with van der Waals surface area (Å²) in [7, 11) is 0. The molecule has 0 saturated carbocycles. The van der Waals surface area contributed by atoms with E-state index in [-0.39, 0.29) is 5.97 Å². The first-order chi connectivity index (χ1) is 5.76. The fourth-order valence-electron chi connectivity index (χ4n) is 0.726. The van der Waals surface area contributed by atoms with E-state index in [4.69, 9.17) is 4.74 Å². The Kier molecular flexibility index (Phi) is 5.97. The number of carbonyl (C=O) groups excluding carboxylic acids is 1. The van der Waals surface area contributed by atoms with Crippen LogP contribution in [0, 0.1) is 0 Å². The van der Waals surface area contributed by atoms with E-state index in [9.17, 15) is 4.79 Å². The first kappa shape index (κ1) is 10.9. The Labute approximate surface area is 73.1 Å². The van der Waals surface area contributed by atoms with Gasteiger partial charge in [0.2, 0.25) is 0 Å². The molecule has 3 heteroatoms. The average molecular weight is 169 g/mol. The van der Waals surface area contributed by atoms with Crippen LogP contribution in [0.1, 0.15) is 27.2 Å².